The van der Waals surface area contributed by atoms with Crippen molar-refractivity contribution in [1.29, 1.82) is 0 Å². The molecule has 2 bridgehead atoms. The first-order valence-corrected chi connectivity index (χ1v) is 10.8. The summed E-state index contributed by atoms with van der Waals surface area (Å²) in [5.41, 5.74) is 6.68. The number of carbonyl (C=O) groups is 4. The molecular formula is C23H25N5O6. The molecule has 0 spiro atoms. The molecule has 0 aromatic heterocycles. The summed E-state index contributed by atoms with van der Waals surface area (Å²) in [6.45, 7) is 0.757. The highest BCUT2D eigenvalue weighted by atomic mass is 16.7. The number of carboxylic acid groups (broad SMARTS) is 1. The number of amides is 5. The lowest BCUT2D eigenvalue weighted by Crippen LogP contribution is -2.54. The van der Waals surface area contributed by atoms with Crippen molar-refractivity contribution in [2.24, 2.45) is 0 Å². The maximum Gasteiger partial charge on any atom is 0.404 e. The standard InChI is InChI=1S/C23H25N5O6/c29-20(17-8-6-15(7-9-17)12-24-22(31)32)25-26-21(30)19-11-10-18-13-27(19)23(33)28(18)34-14-16-4-2-1-3-5-16/h1-9,18-19,24H,10-14H2,(H,25,29)(H,26,30)(H,31,32). The maximum atomic E-state index is 12.8. The Hall–Kier alpha value is -4.12. The number of carbonyl (C=O) groups excluding carboxylic acids is 3. The summed E-state index contributed by atoms with van der Waals surface area (Å²) in [5, 5.41) is 12.2. The summed E-state index contributed by atoms with van der Waals surface area (Å²) in [6.07, 6.45) is -0.0790. The predicted molar refractivity (Wildman–Crippen MR) is 119 cm³/mol. The van der Waals surface area contributed by atoms with Crippen LogP contribution >= 0.6 is 0 Å². The highest BCUT2D eigenvalue weighted by molar-refractivity contribution is 5.96. The second kappa shape index (κ2) is 10.2. The van der Waals surface area contributed by atoms with Gasteiger partial charge in [-0.2, -0.15) is 5.06 Å². The van der Waals surface area contributed by atoms with E-state index >= 15 is 0 Å². The van der Waals surface area contributed by atoms with Crippen LogP contribution in [-0.4, -0.2) is 57.6 Å². The van der Waals surface area contributed by atoms with E-state index in [1.807, 2.05) is 30.3 Å². The fourth-order valence-corrected chi connectivity index (χ4v) is 4.01. The molecule has 2 fully saturated rings. The minimum absolute atomic E-state index is 0.118. The van der Waals surface area contributed by atoms with E-state index in [1.54, 1.807) is 12.1 Å². The quantitative estimate of drug-likeness (QED) is 0.456. The van der Waals surface area contributed by atoms with Crippen LogP contribution in [0.3, 0.4) is 0 Å². The lowest BCUT2D eigenvalue weighted by molar-refractivity contribution is -0.140. The van der Waals surface area contributed by atoms with Crippen LogP contribution in [0.5, 0.6) is 0 Å². The van der Waals surface area contributed by atoms with E-state index < -0.39 is 23.9 Å². The summed E-state index contributed by atoms with van der Waals surface area (Å²) in [6, 6.07) is 14.6. The molecule has 5 amide bonds. The summed E-state index contributed by atoms with van der Waals surface area (Å²) >= 11 is 0. The molecule has 11 heteroatoms. The molecule has 2 heterocycles. The van der Waals surface area contributed by atoms with Crippen LogP contribution in [0.4, 0.5) is 9.59 Å². The SMILES string of the molecule is O=C(O)NCc1ccc(C(=O)NNC(=O)C2CCC3CN2C(=O)N3OCc2ccccc2)cc1. The van der Waals surface area contributed by atoms with Gasteiger partial charge in [-0.05, 0) is 36.1 Å². The molecule has 2 aliphatic heterocycles. The number of benzene rings is 2. The zero-order valence-corrected chi connectivity index (χ0v) is 18.3. The number of urea groups is 1. The van der Waals surface area contributed by atoms with Crippen LogP contribution in [0.2, 0.25) is 0 Å². The number of fused-ring (bicyclic) bond motifs is 2. The highest BCUT2D eigenvalue weighted by Gasteiger charge is 2.48. The Morgan fingerprint density at radius 3 is 2.41 bits per heavy atom. The molecule has 2 atom stereocenters. The van der Waals surface area contributed by atoms with Gasteiger partial charge in [-0.1, -0.05) is 42.5 Å². The van der Waals surface area contributed by atoms with Gasteiger partial charge in [0.25, 0.3) is 11.8 Å². The molecule has 4 rings (SSSR count). The predicted octanol–water partition coefficient (Wildman–Crippen LogP) is 1.62. The Morgan fingerprint density at radius 1 is 0.971 bits per heavy atom. The molecule has 4 N–H and O–H groups in total. The first-order chi connectivity index (χ1) is 16.4. The average Bonchev–Trinajstić information content (AvgIpc) is 3.09. The first kappa shape index (κ1) is 23.1. The summed E-state index contributed by atoms with van der Waals surface area (Å²) in [5.74, 6) is -1.01. The van der Waals surface area contributed by atoms with E-state index in [0.717, 1.165) is 5.56 Å². The van der Waals surface area contributed by atoms with E-state index in [9.17, 15) is 19.2 Å². The molecule has 2 unspecified atom stereocenters. The van der Waals surface area contributed by atoms with Crippen LogP contribution in [-0.2, 0) is 22.8 Å². The Kier molecular flexibility index (Phi) is 6.93. The van der Waals surface area contributed by atoms with Crippen molar-refractivity contribution in [2.45, 2.75) is 38.1 Å². The van der Waals surface area contributed by atoms with E-state index in [0.29, 0.717) is 30.5 Å². The molecule has 0 aliphatic carbocycles. The van der Waals surface area contributed by atoms with E-state index in [1.165, 1.54) is 22.1 Å². The molecule has 2 saturated heterocycles. The molecule has 2 aromatic rings. The van der Waals surface area contributed by atoms with Crippen molar-refractivity contribution in [3.8, 4) is 0 Å². The third-order valence-electron chi connectivity index (χ3n) is 5.80. The van der Waals surface area contributed by atoms with Gasteiger partial charge in [0.05, 0.1) is 6.04 Å². The van der Waals surface area contributed by atoms with Gasteiger partial charge < -0.3 is 15.3 Å². The minimum Gasteiger partial charge on any atom is -0.465 e. The van der Waals surface area contributed by atoms with E-state index in [2.05, 4.69) is 16.2 Å². The number of hydroxylamine groups is 2. The van der Waals surface area contributed by atoms with E-state index in [4.69, 9.17) is 9.94 Å². The lowest BCUT2D eigenvalue weighted by Gasteiger charge is -2.29. The fraction of sp³-hybridized carbons (Fsp3) is 0.304. The van der Waals surface area contributed by atoms with Crippen molar-refractivity contribution in [1.82, 2.24) is 26.1 Å². The average molecular weight is 467 g/mol. The molecule has 0 saturated carbocycles. The van der Waals surface area contributed by atoms with Gasteiger partial charge in [0.15, 0.2) is 0 Å². The zero-order valence-electron chi connectivity index (χ0n) is 18.3. The molecule has 0 radical (unpaired) electrons. The first-order valence-electron chi connectivity index (χ1n) is 10.8. The molecule has 11 nitrogen and oxygen atoms in total. The number of nitrogens with one attached hydrogen (secondary N) is 3. The summed E-state index contributed by atoms with van der Waals surface area (Å²) < 4.78 is 0. The second-order valence-corrected chi connectivity index (χ2v) is 8.07. The number of hydrogen-bond donors (Lipinski definition) is 4. The van der Waals surface area contributed by atoms with Crippen LogP contribution < -0.4 is 16.2 Å². The largest absolute Gasteiger partial charge is 0.465 e. The Labute approximate surface area is 195 Å². The number of rotatable bonds is 7. The van der Waals surface area contributed by atoms with Crippen LogP contribution in [0.15, 0.2) is 54.6 Å². The summed E-state index contributed by atoms with van der Waals surface area (Å²) in [7, 11) is 0. The molecule has 2 aromatic carbocycles. The van der Waals surface area contributed by atoms with Gasteiger partial charge in [-0.3, -0.25) is 25.3 Å². The van der Waals surface area contributed by atoms with Crippen LogP contribution in [0.25, 0.3) is 0 Å². The zero-order chi connectivity index (χ0) is 24.1. The minimum atomic E-state index is -1.14. The van der Waals surface area contributed by atoms with Gasteiger partial charge in [0.2, 0.25) is 0 Å². The normalized spacial score (nSPS) is 19.0. The Bertz CT molecular complexity index is 1060. The van der Waals surface area contributed by atoms with Gasteiger partial charge in [0.1, 0.15) is 12.6 Å². The molecule has 178 valence electrons. The fourth-order valence-electron chi connectivity index (χ4n) is 4.01. The highest BCUT2D eigenvalue weighted by Crippen LogP contribution is 2.30. The maximum absolute atomic E-state index is 12.8. The van der Waals surface area contributed by atoms with Crippen molar-refractivity contribution in [3.05, 3.63) is 71.3 Å². The summed E-state index contributed by atoms with van der Waals surface area (Å²) in [4.78, 5) is 55.7. The molecule has 2 aliphatic rings. The second-order valence-electron chi connectivity index (χ2n) is 8.07. The van der Waals surface area contributed by atoms with Gasteiger partial charge in [-0.15, -0.1) is 0 Å². The number of nitrogens with zero attached hydrogens (tertiary/aromatic N) is 2. The Balaban J connectivity index is 1.28. The third kappa shape index (κ3) is 5.26. The topological polar surface area (TPSA) is 140 Å². The number of hydrazine groups is 1. The van der Waals surface area contributed by atoms with Crippen LogP contribution in [0.1, 0.15) is 34.3 Å². The number of hydrogen-bond acceptors (Lipinski definition) is 5. The monoisotopic (exact) mass is 467 g/mol. The van der Waals surface area contributed by atoms with E-state index in [-0.39, 0.29) is 25.2 Å². The Morgan fingerprint density at radius 2 is 1.71 bits per heavy atom. The van der Waals surface area contributed by atoms with Crippen LogP contribution in [0, 0.1) is 0 Å². The van der Waals surface area contributed by atoms with Gasteiger partial charge in [-0.25, -0.2) is 9.59 Å². The van der Waals surface area contributed by atoms with Crippen molar-refractivity contribution in [2.75, 3.05) is 6.54 Å². The lowest BCUT2D eigenvalue weighted by atomic mass is 10.0. The third-order valence-corrected chi connectivity index (χ3v) is 5.80. The van der Waals surface area contributed by atoms with Gasteiger partial charge in [0, 0.05) is 18.7 Å². The number of piperidine rings is 1. The van der Waals surface area contributed by atoms with Crippen molar-refractivity contribution in [3.63, 3.8) is 0 Å². The smallest absolute Gasteiger partial charge is 0.404 e. The molecule has 34 heavy (non-hydrogen) atoms. The van der Waals surface area contributed by atoms with Crippen molar-refractivity contribution < 1.29 is 29.1 Å². The van der Waals surface area contributed by atoms with Crippen molar-refractivity contribution >= 4 is 23.9 Å². The molecular weight excluding hydrogens is 442 g/mol. The van der Waals surface area contributed by atoms with Gasteiger partial charge >= 0.3 is 12.1 Å².